The quantitative estimate of drug-likeness (QED) is 0.850. The average Bonchev–Trinajstić information content (AvgIpc) is 2.79. The minimum Gasteiger partial charge on any atom is -0.277 e. The number of hydrogen-bond acceptors (Lipinski definition) is 4. The van der Waals surface area contributed by atoms with Crippen LogP contribution < -0.4 is 4.72 Å². The van der Waals surface area contributed by atoms with Crippen molar-refractivity contribution in [3.8, 4) is 0 Å². The zero-order valence-electron chi connectivity index (χ0n) is 12.6. The van der Waals surface area contributed by atoms with Crippen LogP contribution in [0, 0.1) is 5.82 Å². The second-order valence-electron chi connectivity index (χ2n) is 5.33. The molecule has 2 amide bonds. The van der Waals surface area contributed by atoms with Crippen molar-refractivity contribution in [1.29, 1.82) is 0 Å². The number of fused-ring (bicyclic) bond motifs is 1. The van der Waals surface area contributed by atoms with Crippen LogP contribution in [0.4, 0.5) is 4.39 Å². The summed E-state index contributed by atoms with van der Waals surface area (Å²) in [4.78, 5) is 24.6. The van der Waals surface area contributed by atoms with Gasteiger partial charge in [0.15, 0.2) is 0 Å². The van der Waals surface area contributed by atoms with Gasteiger partial charge in [-0.2, -0.15) is 0 Å². The van der Waals surface area contributed by atoms with E-state index in [4.69, 9.17) is 0 Å². The summed E-state index contributed by atoms with van der Waals surface area (Å²) in [5.41, 5.74) is 0.833. The fraction of sp³-hybridized carbons (Fsp3) is 0.125. The molecule has 0 unspecified atom stereocenters. The van der Waals surface area contributed by atoms with Crippen molar-refractivity contribution >= 4 is 21.8 Å². The molecule has 8 heteroatoms. The van der Waals surface area contributed by atoms with Crippen molar-refractivity contribution in [2.75, 3.05) is 7.05 Å². The molecular formula is C16H13FN2O4S. The summed E-state index contributed by atoms with van der Waals surface area (Å²) in [7, 11) is -2.54. The van der Waals surface area contributed by atoms with Gasteiger partial charge in [0.1, 0.15) is 5.82 Å². The van der Waals surface area contributed by atoms with Gasteiger partial charge in [-0.05, 0) is 35.9 Å². The zero-order valence-corrected chi connectivity index (χ0v) is 13.4. The highest BCUT2D eigenvalue weighted by Gasteiger charge is 2.33. The second-order valence-corrected chi connectivity index (χ2v) is 7.09. The van der Waals surface area contributed by atoms with Crippen LogP contribution in [0.5, 0.6) is 0 Å². The predicted octanol–water partition coefficient (Wildman–Crippen LogP) is 1.53. The molecule has 1 N–H and O–H groups in total. The first-order chi connectivity index (χ1) is 11.3. The number of carbonyl (C=O) groups is 2. The summed E-state index contributed by atoms with van der Waals surface area (Å²) in [6, 6.07) is 9.20. The van der Waals surface area contributed by atoms with E-state index in [1.165, 1.54) is 49.5 Å². The van der Waals surface area contributed by atoms with Crippen LogP contribution in [0.15, 0.2) is 47.4 Å². The van der Waals surface area contributed by atoms with E-state index in [0.717, 1.165) is 4.90 Å². The lowest BCUT2D eigenvalue weighted by Gasteiger charge is -2.08. The van der Waals surface area contributed by atoms with Crippen LogP contribution in [0.1, 0.15) is 26.3 Å². The summed E-state index contributed by atoms with van der Waals surface area (Å²) < 4.78 is 39.9. The number of nitrogens with one attached hydrogen (secondary N) is 1. The third-order valence-electron chi connectivity index (χ3n) is 3.75. The lowest BCUT2D eigenvalue weighted by molar-refractivity contribution is 0.0693. The molecule has 124 valence electrons. The van der Waals surface area contributed by atoms with Gasteiger partial charge >= 0.3 is 0 Å². The molecule has 2 aromatic carbocycles. The minimum absolute atomic E-state index is 0.0214. The van der Waals surface area contributed by atoms with Gasteiger partial charge in [-0.1, -0.05) is 12.1 Å². The molecule has 6 nitrogen and oxygen atoms in total. The highest BCUT2D eigenvalue weighted by atomic mass is 32.2. The molecule has 0 saturated heterocycles. The van der Waals surface area contributed by atoms with Gasteiger partial charge in [0.2, 0.25) is 10.0 Å². The Bertz CT molecular complexity index is 939. The Balaban J connectivity index is 1.85. The Kier molecular flexibility index (Phi) is 3.94. The van der Waals surface area contributed by atoms with Crippen LogP contribution in [-0.4, -0.2) is 32.2 Å². The maximum absolute atomic E-state index is 12.9. The van der Waals surface area contributed by atoms with E-state index in [0.29, 0.717) is 5.56 Å². The molecule has 0 spiro atoms. The number of hydrogen-bond donors (Lipinski definition) is 1. The molecule has 3 rings (SSSR count). The predicted molar refractivity (Wildman–Crippen MR) is 83.3 cm³/mol. The van der Waals surface area contributed by atoms with Crippen molar-refractivity contribution < 1.29 is 22.4 Å². The number of rotatable bonds is 4. The molecule has 1 aliphatic rings. The number of carbonyl (C=O) groups excluding carboxylic acids is 2. The third-order valence-corrected chi connectivity index (χ3v) is 5.15. The van der Waals surface area contributed by atoms with Crippen LogP contribution in [0.2, 0.25) is 0 Å². The van der Waals surface area contributed by atoms with Crippen LogP contribution in [-0.2, 0) is 16.6 Å². The molecule has 0 saturated carbocycles. The molecule has 0 aliphatic carbocycles. The lowest BCUT2D eigenvalue weighted by Crippen LogP contribution is -2.24. The second kappa shape index (κ2) is 5.81. The first kappa shape index (κ1) is 16.3. The van der Waals surface area contributed by atoms with Gasteiger partial charge in [0, 0.05) is 13.6 Å². The standard InChI is InChI=1S/C16H13FN2O4S/c1-19-15(20)13-7-6-12(8-14(13)16(19)21)24(22,23)18-9-10-2-4-11(17)5-3-10/h2-8,18H,9H2,1H3. The number of amides is 2. The van der Waals surface area contributed by atoms with Gasteiger partial charge in [0.05, 0.1) is 16.0 Å². The normalized spacial score (nSPS) is 14.2. The Morgan fingerprint density at radius 1 is 1.00 bits per heavy atom. The van der Waals surface area contributed by atoms with E-state index in [2.05, 4.69) is 4.72 Å². The molecule has 0 fully saturated rings. The van der Waals surface area contributed by atoms with Gasteiger partial charge < -0.3 is 0 Å². The number of sulfonamides is 1. The highest BCUT2D eigenvalue weighted by molar-refractivity contribution is 7.89. The van der Waals surface area contributed by atoms with Crippen molar-refractivity contribution in [2.45, 2.75) is 11.4 Å². The topological polar surface area (TPSA) is 83.6 Å². The van der Waals surface area contributed by atoms with E-state index in [1.807, 2.05) is 0 Å². The fourth-order valence-electron chi connectivity index (χ4n) is 2.37. The van der Waals surface area contributed by atoms with Crippen LogP contribution >= 0.6 is 0 Å². The van der Waals surface area contributed by atoms with Gasteiger partial charge in [-0.25, -0.2) is 17.5 Å². The maximum Gasteiger partial charge on any atom is 0.261 e. The van der Waals surface area contributed by atoms with Crippen molar-refractivity contribution in [2.24, 2.45) is 0 Å². The number of nitrogens with zero attached hydrogens (tertiary/aromatic N) is 1. The monoisotopic (exact) mass is 348 g/mol. The number of benzene rings is 2. The van der Waals surface area contributed by atoms with Gasteiger partial charge in [-0.3, -0.25) is 14.5 Å². The molecule has 2 aromatic rings. The molecule has 1 heterocycles. The SMILES string of the molecule is CN1C(=O)c2ccc(S(=O)(=O)NCc3ccc(F)cc3)cc2C1=O. The summed E-state index contributed by atoms with van der Waals surface area (Å²) in [5, 5.41) is 0. The lowest BCUT2D eigenvalue weighted by atomic mass is 10.1. The fourth-order valence-corrected chi connectivity index (χ4v) is 3.42. The van der Waals surface area contributed by atoms with E-state index in [9.17, 15) is 22.4 Å². The van der Waals surface area contributed by atoms with E-state index in [1.54, 1.807) is 0 Å². The van der Waals surface area contributed by atoms with Crippen molar-refractivity contribution in [3.63, 3.8) is 0 Å². The van der Waals surface area contributed by atoms with E-state index < -0.39 is 27.7 Å². The van der Waals surface area contributed by atoms with Crippen molar-refractivity contribution in [1.82, 2.24) is 9.62 Å². The molecule has 0 aromatic heterocycles. The molecule has 1 aliphatic heterocycles. The van der Waals surface area contributed by atoms with Crippen LogP contribution in [0.3, 0.4) is 0 Å². The van der Waals surface area contributed by atoms with E-state index in [-0.39, 0.29) is 22.6 Å². The highest BCUT2D eigenvalue weighted by Crippen LogP contribution is 2.24. The van der Waals surface area contributed by atoms with Crippen molar-refractivity contribution in [3.05, 3.63) is 65.0 Å². The third kappa shape index (κ3) is 2.81. The summed E-state index contributed by atoms with van der Waals surface area (Å²) in [6.07, 6.45) is 0. The Morgan fingerprint density at radius 2 is 1.62 bits per heavy atom. The Morgan fingerprint density at radius 3 is 2.29 bits per heavy atom. The summed E-state index contributed by atoms with van der Waals surface area (Å²) in [5.74, 6) is -1.41. The largest absolute Gasteiger partial charge is 0.277 e. The molecule has 0 radical (unpaired) electrons. The smallest absolute Gasteiger partial charge is 0.261 e. The minimum atomic E-state index is -3.87. The average molecular weight is 348 g/mol. The zero-order chi connectivity index (χ0) is 17.5. The number of halogens is 1. The van der Waals surface area contributed by atoms with Gasteiger partial charge in [0.25, 0.3) is 11.8 Å². The molecule has 0 atom stereocenters. The van der Waals surface area contributed by atoms with Gasteiger partial charge in [-0.15, -0.1) is 0 Å². The first-order valence-corrected chi connectivity index (χ1v) is 8.48. The summed E-state index contributed by atoms with van der Waals surface area (Å²) in [6.45, 7) is -0.0214. The van der Waals surface area contributed by atoms with E-state index >= 15 is 0 Å². The Hall–Kier alpha value is -2.58. The first-order valence-electron chi connectivity index (χ1n) is 7.00. The maximum atomic E-state index is 12.9. The number of imide groups is 1. The molecular weight excluding hydrogens is 335 g/mol. The Labute approximate surface area is 138 Å². The molecule has 0 bridgehead atoms. The summed E-state index contributed by atoms with van der Waals surface area (Å²) >= 11 is 0. The molecule has 24 heavy (non-hydrogen) atoms. The van der Waals surface area contributed by atoms with Crippen LogP contribution in [0.25, 0.3) is 0 Å².